The predicted octanol–water partition coefficient (Wildman–Crippen LogP) is 7.34. The van der Waals surface area contributed by atoms with Gasteiger partial charge in [-0.1, -0.05) is 66.7 Å². The first-order valence-corrected chi connectivity index (χ1v) is 14.1. The topological polar surface area (TPSA) is 43.6 Å². The Morgan fingerprint density at radius 2 is 1.72 bits per heavy atom. The Morgan fingerprint density at radius 1 is 0.906 bits per heavy atom. The third-order valence-corrected chi connectivity index (χ3v) is 11.5. The molecular weight excluding hydrogens is 392 g/mol. The number of rotatable bonds is 6. The second kappa shape index (κ2) is 8.69. The lowest BCUT2D eigenvalue weighted by Crippen LogP contribution is -2.56. The van der Waals surface area contributed by atoms with Gasteiger partial charge in [0, 0.05) is 0 Å². The van der Waals surface area contributed by atoms with E-state index in [9.17, 15) is 0 Å². The quantitative estimate of drug-likeness (QED) is 0.465. The third kappa shape index (κ3) is 3.66. The fourth-order valence-corrected chi connectivity index (χ4v) is 9.99. The summed E-state index contributed by atoms with van der Waals surface area (Å²) in [5.74, 6) is 6.14. The van der Waals surface area contributed by atoms with Crippen LogP contribution in [0.2, 0.25) is 0 Å². The van der Waals surface area contributed by atoms with Crippen molar-refractivity contribution in [3.63, 3.8) is 0 Å². The summed E-state index contributed by atoms with van der Waals surface area (Å²) in [6, 6.07) is 0.515. The van der Waals surface area contributed by atoms with Crippen molar-refractivity contribution in [1.82, 2.24) is 20.2 Å². The Balaban J connectivity index is 1.39. The van der Waals surface area contributed by atoms with Gasteiger partial charge >= 0.3 is 0 Å². The Hall–Kier alpha value is -0.930. The zero-order valence-corrected chi connectivity index (χ0v) is 21.5. The minimum atomic E-state index is 0.486. The lowest BCUT2D eigenvalue weighted by atomic mass is 9.43. The number of hydrogen-bond acceptors (Lipinski definition) is 3. The van der Waals surface area contributed by atoms with Gasteiger partial charge in [0.25, 0.3) is 0 Å². The molecule has 5 rings (SSSR count). The molecule has 4 saturated carbocycles. The van der Waals surface area contributed by atoms with Crippen molar-refractivity contribution in [2.24, 2.45) is 52.3 Å². The van der Waals surface area contributed by atoms with Crippen LogP contribution in [0, 0.1) is 52.3 Å². The van der Waals surface area contributed by atoms with Gasteiger partial charge in [0.1, 0.15) is 6.33 Å². The maximum Gasteiger partial charge on any atom is 0.138 e. The number of aromatic nitrogens is 4. The molecule has 0 radical (unpaired) electrons. The molecule has 9 atom stereocenters. The van der Waals surface area contributed by atoms with Crippen LogP contribution in [0.1, 0.15) is 118 Å². The first kappa shape index (κ1) is 22.8. The molecule has 4 heteroatoms. The second-order valence-electron chi connectivity index (χ2n) is 13.4. The minimum absolute atomic E-state index is 0.486. The zero-order valence-electron chi connectivity index (χ0n) is 21.5. The van der Waals surface area contributed by atoms with Crippen LogP contribution in [0.15, 0.2) is 6.33 Å². The molecule has 32 heavy (non-hydrogen) atoms. The highest BCUT2D eigenvalue weighted by atomic mass is 15.5. The molecule has 1 heterocycles. The fourth-order valence-electron chi connectivity index (χ4n) is 9.99. The largest absolute Gasteiger partial charge is 0.229 e. The number of fused-ring (bicyclic) bond motifs is 5. The van der Waals surface area contributed by atoms with Gasteiger partial charge in [-0.25, -0.2) is 4.68 Å². The molecule has 0 amide bonds. The highest BCUT2D eigenvalue weighted by molar-refractivity contribution is 5.11. The van der Waals surface area contributed by atoms with Crippen molar-refractivity contribution in [2.45, 2.75) is 118 Å². The fraction of sp³-hybridized carbons (Fsp3) is 0.964. The molecule has 4 aliphatic rings. The van der Waals surface area contributed by atoms with Crippen LogP contribution in [0.5, 0.6) is 0 Å². The summed E-state index contributed by atoms with van der Waals surface area (Å²) in [6.45, 7) is 12.7. The van der Waals surface area contributed by atoms with E-state index in [1.807, 2.05) is 6.33 Å². The molecule has 0 aromatic carbocycles. The Bertz CT molecular complexity index is 759. The molecule has 4 fully saturated rings. The van der Waals surface area contributed by atoms with E-state index in [1.165, 1.54) is 77.0 Å². The molecular formula is C28H48N4. The third-order valence-electron chi connectivity index (χ3n) is 11.5. The highest BCUT2D eigenvalue weighted by Gasteiger charge is 2.62. The smallest absolute Gasteiger partial charge is 0.138 e. The van der Waals surface area contributed by atoms with E-state index < -0.39 is 0 Å². The van der Waals surface area contributed by atoms with E-state index >= 15 is 0 Å². The summed E-state index contributed by atoms with van der Waals surface area (Å²) in [5.41, 5.74) is 1.04. The van der Waals surface area contributed by atoms with Crippen molar-refractivity contribution in [2.75, 3.05) is 0 Å². The van der Waals surface area contributed by atoms with Gasteiger partial charge in [-0.05, 0) is 108 Å². The van der Waals surface area contributed by atoms with Crippen LogP contribution in [0.25, 0.3) is 0 Å². The molecule has 0 N–H and O–H groups in total. The van der Waals surface area contributed by atoms with E-state index in [0.29, 0.717) is 16.9 Å². The van der Waals surface area contributed by atoms with Gasteiger partial charge in [0.15, 0.2) is 0 Å². The van der Waals surface area contributed by atoms with E-state index in [4.69, 9.17) is 0 Å². The highest BCUT2D eigenvalue weighted by Crippen LogP contribution is 2.69. The number of nitrogens with zero attached hydrogens (tertiary/aromatic N) is 4. The first-order valence-electron chi connectivity index (χ1n) is 14.1. The molecule has 180 valence electrons. The van der Waals surface area contributed by atoms with Crippen LogP contribution < -0.4 is 0 Å². The van der Waals surface area contributed by atoms with E-state index in [2.05, 4.69) is 54.8 Å². The standard InChI is InChI=1S/C28H48N4/c1-19(2)9-8-10-20(3)22-12-13-23-21-17-26(32-18-29-30-31-32)25-11-6-7-15-27(25,4)24(21)14-16-28(22,23)5/h18-26H,6-17H2,1-5H3/t20-,21+,22-,23+,24+,25-,26+,27-,28-/m1/s1. The van der Waals surface area contributed by atoms with Gasteiger partial charge in [0.2, 0.25) is 0 Å². The van der Waals surface area contributed by atoms with Crippen molar-refractivity contribution in [3.05, 3.63) is 6.33 Å². The van der Waals surface area contributed by atoms with Crippen LogP contribution in [-0.4, -0.2) is 20.2 Å². The van der Waals surface area contributed by atoms with Gasteiger partial charge in [-0.15, -0.1) is 5.10 Å². The van der Waals surface area contributed by atoms with Crippen LogP contribution in [0.4, 0.5) is 0 Å². The summed E-state index contributed by atoms with van der Waals surface area (Å²) in [4.78, 5) is 0. The van der Waals surface area contributed by atoms with Crippen LogP contribution >= 0.6 is 0 Å². The molecule has 4 aliphatic carbocycles. The first-order chi connectivity index (χ1) is 15.3. The lowest BCUT2D eigenvalue weighted by Gasteiger charge is -2.62. The van der Waals surface area contributed by atoms with Crippen molar-refractivity contribution in [1.29, 1.82) is 0 Å². The Labute approximate surface area is 196 Å². The average Bonchev–Trinajstić information content (AvgIpc) is 3.40. The summed E-state index contributed by atoms with van der Waals surface area (Å²) < 4.78 is 2.16. The van der Waals surface area contributed by atoms with Gasteiger partial charge in [0.05, 0.1) is 6.04 Å². The molecule has 0 aliphatic heterocycles. The molecule has 1 aromatic rings. The molecule has 0 unspecified atom stereocenters. The molecule has 4 nitrogen and oxygen atoms in total. The normalized spacial score (nSPS) is 44.7. The zero-order chi connectivity index (χ0) is 22.5. The molecule has 1 aromatic heterocycles. The number of tetrazole rings is 1. The minimum Gasteiger partial charge on any atom is -0.229 e. The van der Waals surface area contributed by atoms with E-state index in [-0.39, 0.29) is 0 Å². The second-order valence-corrected chi connectivity index (χ2v) is 13.4. The number of hydrogen-bond donors (Lipinski definition) is 0. The van der Waals surface area contributed by atoms with Crippen LogP contribution in [-0.2, 0) is 0 Å². The van der Waals surface area contributed by atoms with Gasteiger partial charge in [-0.3, -0.25) is 0 Å². The maximum atomic E-state index is 4.45. The van der Waals surface area contributed by atoms with E-state index in [1.54, 1.807) is 0 Å². The maximum absolute atomic E-state index is 4.45. The van der Waals surface area contributed by atoms with E-state index in [0.717, 1.165) is 41.4 Å². The van der Waals surface area contributed by atoms with Crippen molar-refractivity contribution in [3.8, 4) is 0 Å². The Kier molecular flexibility index (Phi) is 6.20. The molecule has 0 saturated heterocycles. The van der Waals surface area contributed by atoms with Crippen molar-refractivity contribution < 1.29 is 0 Å². The SMILES string of the molecule is CC(C)CCC[C@@H](C)[C@H]1CC[C@H]2[C@@H]3C[C@H](n4cnnn4)[C@H]4CCCC[C@]4(C)[C@H]3CC[C@]12C. The summed E-state index contributed by atoms with van der Waals surface area (Å²) in [7, 11) is 0. The predicted molar refractivity (Wildman–Crippen MR) is 130 cm³/mol. The summed E-state index contributed by atoms with van der Waals surface area (Å²) >= 11 is 0. The monoisotopic (exact) mass is 440 g/mol. The summed E-state index contributed by atoms with van der Waals surface area (Å²) in [6.07, 6.45) is 19.0. The van der Waals surface area contributed by atoms with Gasteiger partial charge in [-0.2, -0.15) is 0 Å². The lowest BCUT2D eigenvalue weighted by molar-refractivity contribution is -0.135. The van der Waals surface area contributed by atoms with Gasteiger partial charge < -0.3 is 0 Å². The van der Waals surface area contributed by atoms with Crippen LogP contribution in [0.3, 0.4) is 0 Å². The van der Waals surface area contributed by atoms with Crippen molar-refractivity contribution >= 4 is 0 Å². The average molecular weight is 441 g/mol. The molecule has 0 spiro atoms. The molecule has 0 bridgehead atoms. The Morgan fingerprint density at radius 3 is 2.47 bits per heavy atom. The summed E-state index contributed by atoms with van der Waals surface area (Å²) in [5, 5.41) is 12.5.